The molecule has 94 valence electrons. The van der Waals surface area contributed by atoms with Crippen molar-refractivity contribution in [1.29, 1.82) is 0 Å². The van der Waals surface area contributed by atoms with Crippen molar-refractivity contribution < 1.29 is 17.7 Å². The maximum absolute atomic E-state index is 11.9. The average molecular weight is 258 g/mol. The molecule has 1 aliphatic rings. The van der Waals surface area contributed by atoms with Crippen LogP contribution in [0.5, 0.6) is 0 Å². The first-order valence-corrected chi connectivity index (χ1v) is 7.15. The largest absolute Gasteiger partial charge is 0.361 e. The first-order chi connectivity index (χ1) is 7.89. The number of nitrogens with zero attached hydrogens (tertiary/aromatic N) is 1. The zero-order valence-corrected chi connectivity index (χ0v) is 10.5. The van der Waals surface area contributed by atoms with Crippen LogP contribution in [0.15, 0.2) is 4.52 Å². The minimum absolute atomic E-state index is 0.0160. The van der Waals surface area contributed by atoms with Crippen LogP contribution in [-0.4, -0.2) is 37.0 Å². The summed E-state index contributed by atoms with van der Waals surface area (Å²) in [5.74, 6) is 0.283. The Bertz CT molecular complexity index is 527. The van der Waals surface area contributed by atoms with Gasteiger partial charge in [-0.1, -0.05) is 5.16 Å². The van der Waals surface area contributed by atoms with Gasteiger partial charge in [0.25, 0.3) is 5.91 Å². The highest BCUT2D eigenvalue weighted by Gasteiger charge is 2.30. The molecule has 0 spiro atoms. The van der Waals surface area contributed by atoms with Gasteiger partial charge in [0.1, 0.15) is 11.3 Å². The average Bonchev–Trinajstić information content (AvgIpc) is 2.70. The van der Waals surface area contributed by atoms with Crippen LogP contribution in [0.1, 0.15) is 28.2 Å². The van der Waals surface area contributed by atoms with Gasteiger partial charge in [-0.3, -0.25) is 4.79 Å². The monoisotopic (exact) mass is 258 g/mol. The van der Waals surface area contributed by atoms with Gasteiger partial charge >= 0.3 is 0 Å². The normalized spacial score (nSPS) is 22.6. The molecule has 1 aromatic heterocycles. The van der Waals surface area contributed by atoms with E-state index in [-0.39, 0.29) is 23.5 Å². The fourth-order valence-corrected chi connectivity index (χ4v) is 3.65. The Balaban J connectivity index is 2.09. The van der Waals surface area contributed by atoms with Gasteiger partial charge in [-0.05, 0) is 20.3 Å². The molecule has 1 unspecified atom stereocenters. The number of aromatic nitrogens is 1. The summed E-state index contributed by atoms with van der Waals surface area (Å²) in [6.07, 6.45) is 0.470. The van der Waals surface area contributed by atoms with Crippen LogP contribution in [0, 0.1) is 13.8 Å². The molecule has 0 aromatic carbocycles. The highest BCUT2D eigenvalue weighted by Crippen LogP contribution is 2.15. The minimum Gasteiger partial charge on any atom is -0.361 e. The number of hydrogen-bond donors (Lipinski definition) is 1. The van der Waals surface area contributed by atoms with Gasteiger partial charge in [0.05, 0.1) is 17.2 Å². The molecule has 1 fully saturated rings. The molecule has 1 aliphatic heterocycles. The fourth-order valence-electron chi connectivity index (χ4n) is 1.97. The number of nitrogens with one attached hydrogen (secondary N) is 1. The highest BCUT2D eigenvalue weighted by atomic mass is 32.2. The first-order valence-electron chi connectivity index (χ1n) is 5.33. The molecule has 1 atom stereocenters. The number of carbonyl (C=O) groups is 1. The van der Waals surface area contributed by atoms with Crippen LogP contribution in [0.25, 0.3) is 0 Å². The Morgan fingerprint density at radius 1 is 1.47 bits per heavy atom. The third-order valence-corrected chi connectivity index (χ3v) is 4.60. The summed E-state index contributed by atoms with van der Waals surface area (Å²) in [7, 11) is -2.98. The molecule has 2 rings (SSSR count). The van der Waals surface area contributed by atoms with E-state index in [1.165, 1.54) is 0 Å². The third-order valence-electron chi connectivity index (χ3n) is 2.83. The lowest BCUT2D eigenvalue weighted by Gasteiger charge is -2.10. The molecule has 0 aliphatic carbocycles. The van der Waals surface area contributed by atoms with Crippen LogP contribution in [-0.2, 0) is 9.84 Å². The Morgan fingerprint density at radius 3 is 2.65 bits per heavy atom. The molecule has 0 radical (unpaired) electrons. The van der Waals surface area contributed by atoms with Crippen LogP contribution < -0.4 is 5.32 Å². The fraction of sp³-hybridized carbons (Fsp3) is 0.600. The molecule has 7 heteroatoms. The van der Waals surface area contributed by atoms with E-state index in [9.17, 15) is 13.2 Å². The standard InChI is InChI=1S/C10H14N2O4S/c1-6-9(7(2)16-12-6)10(13)11-8-3-4-17(14,15)5-8/h8H,3-5H2,1-2H3,(H,11,13). The van der Waals surface area contributed by atoms with Gasteiger partial charge in [-0.25, -0.2) is 8.42 Å². The summed E-state index contributed by atoms with van der Waals surface area (Å²) in [5, 5.41) is 6.39. The Hall–Kier alpha value is -1.37. The maximum atomic E-state index is 11.9. The lowest BCUT2D eigenvalue weighted by atomic mass is 10.1. The summed E-state index contributed by atoms with van der Waals surface area (Å²) in [5.41, 5.74) is 0.912. The smallest absolute Gasteiger partial charge is 0.257 e. The molecule has 2 heterocycles. The minimum atomic E-state index is -2.98. The molecule has 1 N–H and O–H groups in total. The van der Waals surface area contributed by atoms with E-state index in [4.69, 9.17) is 4.52 Å². The summed E-state index contributed by atoms with van der Waals surface area (Å²) in [4.78, 5) is 11.9. The summed E-state index contributed by atoms with van der Waals surface area (Å²) in [6.45, 7) is 3.33. The number of hydrogen-bond acceptors (Lipinski definition) is 5. The number of aryl methyl sites for hydroxylation is 2. The number of carbonyl (C=O) groups excluding carboxylic acids is 1. The van der Waals surface area contributed by atoms with Crippen LogP contribution in [0.2, 0.25) is 0 Å². The molecule has 6 nitrogen and oxygen atoms in total. The van der Waals surface area contributed by atoms with Gasteiger partial charge in [-0.2, -0.15) is 0 Å². The maximum Gasteiger partial charge on any atom is 0.257 e. The summed E-state index contributed by atoms with van der Waals surface area (Å²) >= 11 is 0. The molecular weight excluding hydrogens is 244 g/mol. The predicted octanol–water partition coefficient (Wildman–Crippen LogP) is 0.208. The Morgan fingerprint density at radius 2 is 2.18 bits per heavy atom. The van der Waals surface area contributed by atoms with Crippen LogP contribution >= 0.6 is 0 Å². The van der Waals surface area contributed by atoms with Crippen molar-refractivity contribution in [3.8, 4) is 0 Å². The number of rotatable bonds is 2. The molecule has 1 saturated heterocycles. The van der Waals surface area contributed by atoms with Crippen molar-refractivity contribution >= 4 is 15.7 Å². The van der Waals surface area contributed by atoms with E-state index in [1.54, 1.807) is 13.8 Å². The SMILES string of the molecule is Cc1noc(C)c1C(=O)NC1CCS(=O)(=O)C1. The van der Waals surface area contributed by atoms with E-state index in [2.05, 4.69) is 10.5 Å². The van der Waals surface area contributed by atoms with Gasteiger partial charge in [0.2, 0.25) is 0 Å². The highest BCUT2D eigenvalue weighted by molar-refractivity contribution is 7.91. The van der Waals surface area contributed by atoms with Gasteiger partial charge in [-0.15, -0.1) is 0 Å². The van der Waals surface area contributed by atoms with E-state index < -0.39 is 9.84 Å². The van der Waals surface area contributed by atoms with Crippen molar-refractivity contribution in [2.45, 2.75) is 26.3 Å². The van der Waals surface area contributed by atoms with E-state index in [0.29, 0.717) is 23.4 Å². The lowest BCUT2D eigenvalue weighted by molar-refractivity contribution is 0.0939. The van der Waals surface area contributed by atoms with E-state index in [1.807, 2.05) is 0 Å². The van der Waals surface area contributed by atoms with Crippen molar-refractivity contribution in [3.63, 3.8) is 0 Å². The molecule has 1 aromatic rings. The lowest BCUT2D eigenvalue weighted by Crippen LogP contribution is -2.36. The first kappa shape index (κ1) is 12.1. The quantitative estimate of drug-likeness (QED) is 0.819. The zero-order chi connectivity index (χ0) is 12.6. The van der Waals surface area contributed by atoms with Crippen LogP contribution in [0.3, 0.4) is 0 Å². The van der Waals surface area contributed by atoms with Gasteiger partial charge in [0.15, 0.2) is 9.84 Å². The van der Waals surface area contributed by atoms with Crippen LogP contribution in [0.4, 0.5) is 0 Å². The summed E-state index contributed by atoms with van der Waals surface area (Å²) in [6, 6.07) is -0.304. The third kappa shape index (κ3) is 2.49. The van der Waals surface area contributed by atoms with E-state index >= 15 is 0 Å². The van der Waals surface area contributed by atoms with Crippen molar-refractivity contribution in [3.05, 3.63) is 17.0 Å². The topological polar surface area (TPSA) is 89.3 Å². The molecule has 0 saturated carbocycles. The predicted molar refractivity (Wildman–Crippen MR) is 60.5 cm³/mol. The Labute approximate surface area is 99.3 Å². The second-order valence-corrected chi connectivity index (χ2v) is 6.50. The summed E-state index contributed by atoms with van der Waals surface area (Å²) < 4.78 is 27.4. The van der Waals surface area contributed by atoms with Crippen molar-refractivity contribution in [2.75, 3.05) is 11.5 Å². The van der Waals surface area contributed by atoms with Crippen molar-refractivity contribution in [2.24, 2.45) is 0 Å². The number of sulfone groups is 1. The van der Waals surface area contributed by atoms with E-state index in [0.717, 1.165) is 0 Å². The second kappa shape index (κ2) is 4.14. The van der Waals surface area contributed by atoms with Gasteiger partial charge in [0, 0.05) is 6.04 Å². The number of amides is 1. The zero-order valence-electron chi connectivity index (χ0n) is 9.69. The second-order valence-electron chi connectivity index (χ2n) is 4.27. The Kier molecular flexibility index (Phi) is 2.94. The molecule has 1 amide bonds. The molecule has 0 bridgehead atoms. The van der Waals surface area contributed by atoms with Crippen molar-refractivity contribution in [1.82, 2.24) is 10.5 Å². The van der Waals surface area contributed by atoms with Gasteiger partial charge < -0.3 is 9.84 Å². The molecule has 17 heavy (non-hydrogen) atoms. The molecular formula is C10H14N2O4S.